The van der Waals surface area contributed by atoms with Crippen LogP contribution < -0.4 is 0 Å². The Hall–Kier alpha value is -0.620. The van der Waals surface area contributed by atoms with Crippen LogP contribution in [0.2, 0.25) is 0 Å². The van der Waals surface area contributed by atoms with Gasteiger partial charge >= 0.3 is 11.9 Å². The van der Waals surface area contributed by atoms with Crippen molar-refractivity contribution in [3.8, 4) is 0 Å². The lowest BCUT2D eigenvalue weighted by atomic mass is 10.7. The highest BCUT2D eigenvalue weighted by atomic mass is 79.9. The Morgan fingerprint density at radius 2 is 1.64 bits per heavy atom. The van der Waals surface area contributed by atoms with E-state index in [0.717, 1.165) is 0 Å². The molecule has 0 aliphatic carbocycles. The summed E-state index contributed by atoms with van der Waals surface area (Å²) in [5.41, 5.74) is 0. The molecule has 0 aromatic heterocycles. The molecule has 0 aliphatic rings. The van der Waals surface area contributed by atoms with Crippen molar-refractivity contribution in [3.63, 3.8) is 0 Å². The van der Waals surface area contributed by atoms with Crippen LogP contribution in [-0.4, -0.2) is 43.7 Å². The quantitative estimate of drug-likeness (QED) is 0.382. The van der Waals surface area contributed by atoms with Crippen LogP contribution in [0, 0.1) is 0 Å². The molecule has 0 bridgehead atoms. The minimum absolute atomic E-state index is 0.181. The van der Waals surface area contributed by atoms with Gasteiger partial charge in [-0.3, -0.25) is 9.59 Å². The third-order valence-electron chi connectivity index (χ3n) is 1.13. The second-order valence-corrected chi connectivity index (χ2v) is 2.87. The summed E-state index contributed by atoms with van der Waals surface area (Å²) in [5, 5.41) is 0.181. The van der Waals surface area contributed by atoms with Gasteiger partial charge in [0, 0.05) is 6.92 Å². The van der Waals surface area contributed by atoms with Gasteiger partial charge in [-0.25, -0.2) is 0 Å². The topological polar surface area (TPSA) is 61.8 Å². The minimum Gasteiger partial charge on any atom is -0.463 e. The molecule has 0 unspecified atom stereocenters. The van der Waals surface area contributed by atoms with Gasteiger partial charge in [-0.1, -0.05) is 15.9 Å². The van der Waals surface area contributed by atoms with Gasteiger partial charge in [0.15, 0.2) is 0 Å². The smallest absolute Gasteiger partial charge is 0.316 e. The first-order valence-electron chi connectivity index (χ1n) is 4.09. The van der Waals surface area contributed by atoms with E-state index in [1.807, 2.05) is 0 Å². The predicted octanol–water partition coefficient (Wildman–Crippen LogP) is 0.504. The zero-order valence-corrected chi connectivity index (χ0v) is 9.54. The van der Waals surface area contributed by atoms with E-state index in [-0.39, 0.29) is 30.5 Å². The molecule has 0 N–H and O–H groups in total. The fourth-order valence-corrected chi connectivity index (χ4v) is 0.761. The second-order valence-electron chi connectivity index (χ2n) is 2.31. The predicted molar refractivity (Wildman–Crippen MR) is 52.2 cm³/mol. The van der Waals surface area contributed by atoms with E-state index in [0.29, 0.717) is 13.2 Å². The summed E-state index contributed by atoms with van der Waals surface area (Å²) in [6, 6.07) is 0. The van der Waals surface area contributed by atoms with Crippen LogP contribution in [0.4, 0.5) is 0 Å². The molecule has 5 nitrogen and oxygen atoms in total. The molecule has 0 rings (SSSR count). The Balaban J connectivity index is 3.06. The number of alkyl halides is 1. The van der Waals surface area contributed by atoms with Gasteiger partial charge in [0.1, 0.15) is 18.5 Å². The van der Waals surface area contributed by atoms with Crippen LogP contribution in [0.25, 0.3) is 0 Å². The van der Waals surface area contributed by atoms with E-state index in [9.17, 15) is 9.59 Å². The van der Waals surface area contributed by atoms with Gasteiger partial charge in [-0.2, -0.15) is 0 Å². The lowest BCUT2D eigenvalue weighted by Gasteiger charge is -2.04. The number of ether oxygens (including phenoxy) is 3. The van der Waals surface area contributed by atoms with Crippen molar-refractivity contribution in [1.29, 1.82) is 0 Å². The molecule has 0 radical (unpaired) electrons. The highest BCUT2D eigenvalue weighted by Gasteiger charge is 1.98. The average Bonchev–Trinajstić information content (AvgIpc) is 2.15. The van der Waals surface area contributed by atoms with E-state index < -0.39 is 0 Å². The number of hydrogen-bond donors (Lipinski definition) is 0. The molecule has 0 aromatic carbocycles. The maximum atomic E-state index is 10.6. The Morgan fingerprint density at radius 3 is 2.14 bits per heavy atom. The Bertz CT molecular complexity index is 183. The molecular formula is C8H13BrO5. The lowest BCUT2D eigenvalue weighted by Crippen LogP contribution is -2.14. The summed E-state index contributed by atoms with van der Waals surface area (Å²) >= 11 is 2.95. The maximum absolute atomic E-state index is 10.6. The van der Waals surface area contributed by atoms with E-state index in [4.69, 9.17) is 9.47 Å². The van der Waals surface area contributed by atoms with Crippen molar-refractivity contribution < 1.29 is 23.8 Å². The van der Waals surface area contributed by atoms with Gasteiger partial charge in [0.2, 0.25) is 0 Å². The van der Waals surface area contributed by atoms with Gasteiger partial charge < -0.3 is 14.2 Å². The summed E-state index contributed by atoms with van der Waals surface area (Å²) in [6.07, 6.45) is 0. The van der Waals surface area contributed by atoms with Gasteiger partial charge in [-0.15, -0.1) is 0 Å². The molecular weight excluding hydrogens is 256 g/mol. The zero-order chi connectivity index (χ0) is 10.8. The molecule has 0 atom stereocenters. The van der Waals surface area contributed by atoms with E-state index in [1.54, 1.807) is 0 Å². The lowest BCUT2D eigenvalue weighted by molar-refractivity contribution is -0.143. The van der Waals surface area contributed by atoms with Crippen molar-refractivity contribution in [2.24, 2.45) is 0 Å². The van der Waals surface area contributed by atoms with E-state index in [1.165, 1.54) is 6.92 Å². The number of hydrogen-bond acceptors (Lipinski definition) is 5. The monoisotopic (exact) mass is 268 g/mol. The van der Waals surface area contributed by atoms with Crippen LogP contribution in [0.1, 0.15) is 6.92 Å². The van der Waals surface area contributed by atoms with Gasteiger partial charge in [0.25, 0.3) is 0 Å². The normalized spacial score (nSPS) is 9.57. The van der Waals surface area contributed by atoms with Crippen LogP contribution in [0.5, 0.6) is 0 Å². The molecule has 0 heterocycles. The highest BCUT2D eigenvalue weighted by Crippen LogP contribution is 1.86. The Kier molecular flexibility index (Phi) is 8.56. The second kappa shape index (κ2) is 8.96. The summed E-state index contributed by atoms with van der Waals surface area (Å²) in [4.78, 5) is 20.9. The number of esters is 2. The van der Waals surface area contributed by atoms with Gasteiger partial charge in [0.05, 0.1) is 13.2 Å². The van der Waals surface area contributed by atoms with Crippen molar-refractivity contribution in [3.05, 3.63) is 0 Å². The van der Waals surface area contributed by atoms with Crippen LogP contribution >= 0.6 is 15.9 Å². The van der Waals surface area contributed by atoms with Crippen LogP contribution in [-0.2, 0) is 23.8 Å². The fraction of sp³-hybridized carbons (Fsp3) is 0.750. The summed E-state index contributed by atoms with van der Waals surface area (Å²) in [6.45, 7) is 2.38. The largest absolute Gasteiger partial charge is 0.463 e. The third-order valence-corrected chi connectivity index (χ3v) is 1.59. The maximum Gasteiger partial charge on any atom is 0.316 e. The molecule has 0 saturated heterocycles. The molecule has 0 aliphatic heterocycles. The fourth-order valence-electron chi connectivity index (χ4n) is 0.599. The van der Waals surface area contributed by atoms with Gasteiger partial charge in [-0.05, 0) is 0 Å². The summed E-state index contributed by atoms with van der Waals surface area (Å²) in [5.74, 6) is -0.659. The molecule has 0 saturated carbocycles. The first-order valence-corrected chi connectivity index (χ1v) is 5.21. The first kappa shape index (κ1) is 13.4. The Labute approximate surface area is 90.8 Å². The molecule has 0 fully saturated rings. The minimum atomic E-state index is -0.334. The number of carbonyl (C=O) groups is 2. The highest BCUT2D eigenvalue weighted by molar-refractivity contribution is 9.09. The van der Waals surface area contributed by atoms with Crippen LogP contribution in [0.3, 0.4) is 0 Å². The SMILES string of the molecule is CC(=O)OCCOCCOC(=O)CBr. The number of rotatable bonds is 7. The molecule has 0 spiro atoms. The number of carbonyl (C=O) groups excluding carboxylic acids is 2. The Morgan fingerprint density at radius 1 is 1.07 bits per heavy atom. The third kappa shape index (κ3) is 9.47. The first-order chi connectivity index (χ1) is 6.66. The average molecular weight is 269 g/mol. The molecule has 14 heavy (non-hydrogen) atoms. The van der Waals surface area contributed by atoms with Crippen LogP contribution in [0.15, 0.2) is 0 Å². The summed E-state index contributed by atoms with van der Waals surface area (Å²) < 4.78 is 14.3. The molecule has 0 aromatic rings. The van der Waals surface area contributed by atoms with Crippen molar-refractivity contribution in [2.45, 2.75) is 6.92 Å². The summed E-state index contributed by atoms with van der Waals surface area (Å²) in [7, 11) is 0. The van der Waals surface area contributed by atoms with Crippen molar-refractivity contribution in [1.82, 2.24) is 0 Å². The standard InChI is InChI=1S/C8H13BrO5/c1-7(10)13-4-2-12-3-5-14-8(11)6-9/h2-6H2,1H3. The van der Waals surface area contributed by atoms with E-state index in [2.05, 4.69) is 20.7 Å². The molecule has 82 valence electrons. The van der Waals surface area contributed by atoms with Crippen molar-refractivity contribution >= 4 is 27.9 Å². The number of halogens is 1. The molecule has 0 amide bonds. The van der Waals surface area contributed by atoms with E-state index >= 15 is 0 Å². The molecule has 6 heteroatoms. The van der Waals surface area contributed by atoms with Crippen molar-refractivity contribution in [2.75, 3.05) is 31.8 Å². The zero-order valence-electron chi connectivity index (χ0n) is 7.95.